The van der Waals surface area contributed by atoms with Gasteiger partial charge in [-0.2, -0.15) is 0 Å². The predicted molar refractivity (Wildman–Crippen MR) is 78.5 cm³/mol. The van der Waals surface area contributed by atoms with Gasteiger partial charge in [0.25, 0.3) is 0 Å². The summed E-state index contributed by atoms with van der Waals surface area (Å²) >= 11 is 0. The van der Waals surface area contributed by atoms with E-state index in [1.807, 2.05) is 0 Å². The summed E-state index contributed by atoms with van der Waals surface area (Å²) in [5.74, 6) is 1.70. The molecule has 0 radical (unpaired) electrons. The van der Waals surface area contributed by atoms with Crippen LogP contribution in [0.4, 0.5) is 0 Å². The van der Waals surface area contributed by atoms with Crippen LogP contribution in [0.1, 0.15) is 39.0 Å². The van der Waals surface area contributed by atoms with Crippen molar-refractivity contribution in [2.75, 3.05) is 20.2 Å². The average molecular weight is 294 g/mol. The van der Waals surface area contributed by atoms with Gasteiger partial charge in [-0.3, -0.25) is 9.59 Å². The number of nitrogens with one attached hydrogen (secondary N) is 2. The van der Waals surface area contributed by atoms with Crippen LogP contribution in [0.5, 0.6) is 0 Å². The molecule has 0 aromatic rings. The number of hydrogen-bond donors (Lipinski definition) is 2. The maximum absolute atomic E-state index is 11.8. The zero-order valence-corrected chi connectivity index (χ0v) is 13.0. The van der Waals surface area contributed by atoms with Crippen LogP contribution < -0.4 is 10.6 Å². The molecule has 0 saturated heterocycles. The van der Waals surface area contributed by atoms with E-state index in [2.05, 4.69) is 10.6 Å². The Kier molecular flexibility index (Phi) is 3.95. The van der Waals surface area contributed by atoms with Gasteiger partial charge in [0.05, 0.1) is 5.60 Å². The van der Waals surface area contributed by atoms with Crippen molar-refractivity contribution in [2.45, 2.75) is 44.6 Å². The molecule has 21 heavy (non-hydrogen) atoms. The molecule has 0 aliphatic heterocycles. The van der Waals surface area contributed by atoms with Gasteiger partial charge in [0.1, 0.15) is 0 Å². The minimum atomic E-state index is -0.549. The Morgan fingerprint density at radius 1 is 1.00 bits per heavy atom. The molecular weight excluding hydrogens is 268 g/mol. The number of amides is 2. The van der Waals surface area contributed by atoms with Crippen LogP contribution in [-0.2, 0) is 14.3 Å². The molecule has 0 unspecified atom stereocenters. The zero-order chi connectivity index (χ0) is 15.0. The second kappa shape index (κ2) is 5.59. The van der Waals surface area contributed by atoms with Crippen LogP contribution in [0, 0.1) is 23.7 Å². The highest BCUT2D eigenvalue weighted by molar-refractivity contribution is 6.35. The number of carbonyl (C=O) groups excluding carboxylic acids is 2. The third-order valence-electron chi connectivity index (χ3n) is 5.97. The van der Waals surface area contributed by atoms with Gasteiger partial charge in [0.2, 0.25) is 0 Å². The van der Waals surface area contributed by atoms with Crippen molar-refractivity contribution in [3.05, 3.63) is 0 Å². The second-order valence-corrected chi connectivity index (χ2v) is 7.01. The normalized spacial score (nSPS) is 40.1. The lowest BCUT2D eigenvalue weighted by Gasteiger charge is -2.60. The maximum Gasteiger partial charge on any atom is 0.309 e. The lowest BCUT2D eigenvalue weighted by molar-refractivity contribution is -0.188. The van der Waals surface area contributed by atoms with Crippen LogP contribution >= 0.6 is 0 Å². The van der Waals surface area contributed by atoms with Gasteiger partial charge in [0.15, 0.2) is 0 Å². The molecule has 2 amide bonds. The van der Waals surface area contributed by atoms with Gasteiger partial charge in [-0.1, -0.05) is 0 Å². The molecule has 2 N–H and O–H groups in total. The molecule has 5 nitrogen and oxygen atoms in total. The van der Waals surface area contributed by atoms with E-state index in [0.717, 1.165) is 11.8 Å². The monoisotopic (exact) mass is 294 g/mol. The van der Waals surface area contributed by atoms with Crippen molar-refractivity contribution in [1.82, 2.24) is 10.6 Å². The molecule has 5 heteroatoms. The van der Waals surface area contributed by atoms with Crippen molar-refractivity contribution < 1.29 is 14.3 Å². The van der Waals surface area contributed by atoms with E-state index in [0.29, 0.717) is 24.9 Å². The third-order valence-corrected chi connectivity index (χ3v) is 5.97. The molecule has 4 saturated carbocycles. The third kappa shape index (κ3) is 2.45. The fraction of sp³-hybridized carbons (Fsp3) is 0.875. The highest BCUT2D eigenvalue weighted by Gasteiger charge is 2.57. The summed E-state index contributed by atoms with van der Waals surface area (Å²) in [4.78, 5) is 23.4. The van der Waals surface area contributed by atoms with Crippen molar-refractivity contribution in [3.63, 3.8) is 0 Å². The second-order valence-electron chi connectivity index (χ2n) is 7.01. The standard InChI is InChI=1S/C16H26N2O3/c1-3-17-14(19)15(20)18-9-16(21-2)12-5-10-4-11(7-12)8-13(16)6-10/h10-13H,3-9H2,1-2H3,(H,17,19)(H,18,20). The molecular formula is C16H26N2O3. The Labute approximate surface area is 126 Å². The lowest BCUT2D eigenvalue weighted by atomic mass is 9.49. The molecule has 4 aliphatic carbocycles. The number of carbonyl (C=O) groups is 2. The highest BCUT2D eigenvalue weighted by atomic mass is 16.5. The number of hydrogen-bond acceptors (Lipinski definition) is 3. The van der Waals surface area contributed by atoms with E-state index in [-0.39, 0.29) is 5.60 Å². The average Bonchev–Trinajstić information content (AvgIpc) is 2.46. The van der Waals surface area contributed by atoms with Gasteiger partial charge in [-0.25, -0.2) is 0 Å². The van der Waals surface area contributed by atoms with Crippen LogP contribution in [0.15, 0.2) is 0 Å². The summed E-state index contributed by atoms with van der Waals surface area (Å²) in [5, 5.41) is 5.35. The summed E-state index contributed by atoms with van der Waals surface area (Å²) in [6.07, 6.45) is 6.27. The molecule has 0 spiro atoms. The number of ether oxygens (including phenoxy) is 1. The quantitative estimate of drug-likeness (QED) is 0.763. The molecule has 0 atom stereocenters. The number of methoxy groups -OCH3 is 1. The minimum Gasteiger partial charge on any atom is -0.376 e. The molecule has 4 bridgehead atoms. The topological polar surface area (TPSA) is 67.4 Å². The SMILES string of the molecule is CCNC(=O)C(=O)NCC1(OC)C2CC3CC(C2)CC1C3. The van der Waals surface area contributed by atoms with Crippen LogP contribution in [0.25, 0.3) is 0 Å². The first-order chi connectivity index (χ1) is 10.1. The fourth-order valence-electron chi connectivity index (χ4n) is 5.22. The summed E-state index contributed by atoms with van der Waals surface area (Å²) in [5.41, 5.74) is -0.254. The largest absolute Gasteiger partial charge is 0.376 e. The van der Waals surface area contributed by atoms with Crippen LogP contribution in [0.3, 0.4) is 0 Å². The van der Waals surface area contributed by atoms with E-state index in [1.54, 1.807) is 14.0 Å². The first kappa shape index (κ1) is 14.8. The molecule has 4 rings (SSSR count). The predicted octanol–water partition coefficient (Wildman–Crippen LogP) is 1.08. The van der Waals surface area contributed by atoms with E-state index in [9.17, 15) is 9.59 Å². The summed E-state index contributed by atoms with van der Waals surface area (Å²) in [6, 6.07) is 0. The first-order valence-electron chi connectivity index (χ1n) is 8.20. The van der Waals surface area contributed by atoms with E-state index < -0.39 is 11.8 Å². The van der Waals surface area contributed by atoms with Crippen LogP contribution in [-0.4, -0.2) is 37.6 Å². The van der Waals surface area contributed by atoms with Gasteiger partial charge < -0.3 is 15.4 Å². The number of rotatable bonds is 4. The Morgan fingerprint density at radius 2 is 1.52 bits per heavy atom. The van der Waals surface area contributed by atoms with Crippen molar-refractivity contribution in [1.29, 1.82) is 0 Å². The molecule has 0 aromatic carbocycles. The van der Waals surface area contributed by atoms with Crippen molar-refractivity contribution >= 4 is 11.8 Å². The molecule has 4 aliphatic rings. The number of likely N-dealkylation sites (N-methyl/N-ethyl adjacent to an activating group) is 1. The smallest absolute Gasteiger partial charge is 0.309 e. The first-order valence-corrected chi connectivity index (χ1v) is 8.20. The summed E-state index contributed by atoms with van der Waals surface area (Å²) < 4.78 is 5.96. The van der Waals surface area contributed by atoms with E-state index >= 15 is 0 Å². The maximum atomic E-state index is 11.8. The molecule has 0 aromatic heterocycles. The molecule has 118 valence electrons. The minimum absolute atomic E-state index is 0.254. The van der Waals surface area contributed by atoms with Crippen LogP contribution in [0.2, 0.25) is 0 Å². The van der Waals surface area contributed by atoms with Crippen molar-refractivity contribution in [2.24, 2.45) is 23.7 Å². The van der Waals surface area contributed by atoms with Gasteiger partial charge in [0, 0.05) is 20.2 Å². The van der Waals surface area contributed by atoms with Crippen molar-refractivity contribution in [3.8, 4) is 0 Å². The van der Waals surface area contributed by atoms with Gasteiger partial charge in [-0.05, 0) is 62.7 Å². The fourth-order valence-corrected chi connectivity index (χ4v) is 5.22. The lowest BCUT2D eigenvalue weighted by Crippen LogP contribution is -2.63. The molecule has 0 heterocycles. The Balaban J connectivity index is 1.67. The van der Waals surface area contributed by atoms with Gasteiger partial charge in [-0.15, -0.1) is 0 Å². The summed E-state index contributed by atoms with van der Waals surface area (Å²) in [6.45, 7) is 2.74. The van der Waals surface area contributed by atoms with E-state index in [1.165, 1.54) is 32.1 Å². The zero-order valence-electron chi connectivity index (χ0n) is 13.0. The molecule has 4 fully saturated rings. The van der Waals surface area contributed by atoms with Gasteiger partial charge >= 0.3 is 11.8 Å². The van der Waals surface area contributed by atoms with E-state index in [4.69, 9.17) is 4.74 Å². The summed E-state index contributed by atoms with van der Waals surface area (Å²) in [7, 11) is 1.76. The Morgan fingerprint density at radius 3 is 2.00 bits per heavy atom. The highest BCUT2D eigenvalue weighted by Crippen LogP contribution is 2.59. The Bertz CT molecular complexity index is 407. The Hall–Kier alpha value is -1.10.